The Morgan fingerprint density at radius 1 is 1.06 bits per heavy atom. The fourth-order valence-electron chi connectivity index (χ4n) is 4.13. The predicted octanol–water partition coefficient (Wildman–Crippen LogP) is 5.65. The molecule has 1 aliphatic heterocycles. The van der Waals surface area contributed by atoms with Gasteiger partial charge in [0.2, 0.25) is 5.91 Å². The number of rotatable bonds is 6. The van der Waals surface area contributed by atoms with Crippen molar-refractivity contribution >= 4 is 65.6 Å². The van der Waals surface area contributed by atoms with Crippen molar-refractivity contribution in [2.24, 2.45) is 5.92 Å². The fourth-order valence-corrected chi connectivity index (χ4v) is 8.26. The van der Waals surface area contributed by atoms with Gasteiger partial charge in [0.25, 0.3) is 10.0 Å². The maximum atomic E-state index is 13.8. The Bertz CT molecular complexity index is 1390. The number of piperidine rings is 1. The summed E-state index contributed by atoms with van der Waals surface area (Å²) in [6.45, 7) is 0.914. The number of nitrogens with zero attached hydrogens (tertiary/aromatic N) is 3. The minimum Gasteiger partial charge on any atom is -0.283 e. The second kappa shape index (κ2) is 9.75. The van der Waals surface area contributed by atoms with Gasteiger partial charge in [-0.25, -0.2) is 13.4 Å². The van der Waals surface area contributed by atoms with Crippen LogP contribution in [-0.2, 0) is 21.4 Å². The predicted molar refractivity (Wildman–Crippen MR) is 138 cm³/mol. The number of fused-ring (bicyclic) bond motifs is 1. The topological polar surface area (TPSA) is 70.6 Å². The first kappa shape index (κ1) is 23.4. The number of hydrogen-bond donors (Lipinski definition) is 0. The summed E-state index contributed by atoms with van der Waals surface area (Å²) in [6.07, 6.45) is 1.25. The molecule has 0 spiro atoms. The highest BCUT2D eigenvalue weighted by Gasteiger charge is 2.36. The van der Waals surface area contributed by atoms with E-state index in [1.807, 2.05) is 54.6 Å². The number of para-hydroxylation sites is 1. The number of carbonyl (C=O) groups excluding carboxylic acids is 1. The fraction of sp³-hybridized carbons (Fsp3) is 0.250. The number of sulfonamides is 1. The van der Waals surface area contributed by atoms with E-state index < -0.39 is 15.9 Å². The molecule has 176 valence electrons. The molecule has 1 aliphatic rings. The normalized spacial score (nSPS) is 17.1. The number of benzene rings is 2. The molecule has 1 atom stereocenters. The third-order valence-corrected chi connectivity index (χ3v) is 10.5. The Morgan fingerprint density at radius 2 is 1.82 bits per heavy atom. The highest BCUT2D eigenvalue weighted by molar-refractivity contribution is 7.91. The molecule has 1 unspecified atom stereocenters. The van der Waals surface area contributed by atoms with Gasteiger partial charge in [-0.1, -0.05) is 65.4 Å². The second-order valence-electron chi connectivity index (χ2n) is 8.13. The number of anilines is 1. The van der Waals surface area contributed by atoms with Crippen molar-refractivity contribution in [3.05, 3.63) is 76.6 Å². The first-order valence-electron chi connectivity index (χ1n) is 10.9. The van der Waals surface area contributed by atoms with Crippen LogP contribution in [0.2, 0.25) is 4.34 Å². The van der Waals surface area contributed by atoms with Crippen molar-refractivity contribution in [2.75, 3.05) is 18.0 Å². The zero-order valence-electron chi connectivity index (χ0n) is 18.1. The lowest BCUT2D eigenvalue weighted by Gasteiger charge is -2.33. The van der Waals surface area contributed by atoms with Crippen LogP contribution in [0.4, 0.5) is 5.13 Å². The number of halogens is 1. The van der Waals surface area contributed by atoms with Crippen LogP contribution in [0.15, 0.2) is 70.9 Å². The molecule has 1 saturated heterocycles. The van der Waals surface area contributed by atoms with Gasteiger partial charge in [-0.15, -0.1) is 11.3 Å². The van der Waals surface area contributed by atoms with Gasteiger partial charge in [-0.05, 0) is 42.7 Å². The van der Waals surface area contributed by atoms with Crippen LogP contribution in [0.1, 0.15) is 18.4 Å². The van der Waals surface area contributed by atoms with Crippen molar-refractivity contribution in [2.45, 2.75) is 23.6 Å². The minimum atomic E-state index is -3.69. The summed E-state index contributed by atoms with van der Waals surface area (Å²) in [7, 11) is -3.69. The van der Waals surface area contributed by atoms with Crippen molar-refractivity contribution in [3.63, 3.8) is 0 Å². The van der Waals surface area contributed by atoms with Gasteiger partial charge in [-0.3, -0.25) is 9.69 Å². The van der Waals surface area contributed by atoms with Crippen LogP contribution in [0.25, 0.3) is 10.2 Å². The molecule has 2 aromatic heterocycles. The van der Waals surface area contributed by atoms with Gasteiger partial charge in [0, 0.05) is 13.1 Å². The van der Waals surface area contributed by atoms with E-state index in [4.69, 9.17) is 16.6 Å². The monoisotopic (exact) mass is 531 g/mol. The molecular formula is C24H22ClN3O3S3. The molecule has 0 N–H and O–H groups in total. The molecule has 0 aliphatic carbocycles. The zero-order chi connectivity index (χ0) is 23.7. The van der Waals surface area contributed by atoms with E-state index in [9.17, 15) is 13.2 Å². The smallest absolute Gasteiger partial charge is 0.252 e. The lowest BCUT2D eigenvalue weighted by molar-refractivity contribution is -0.123. The molecule has 1 fully saturated rings. The van der Waals surface area contributed by atoms with Crippen LogP contribution in [0.3, 0.4) is 0 Å². The average molecular weight is 532 g/mol. The summed E-state index contributed by atoms with van der Waals surface area (Å²) in [5.41, 5.74) is 1.83. The molecule has 0 saturated carbocycles. The van der Waals surface area contributed by atoms with E-state index in [-0.39, 0.29) is 16.7 Å². The Labute approximate surface area is 211 Å². The number of thiophene rings is 1. The van der Waals surface area contributed by atoms with Crippen LogP contribution < -0.4 is 4.90 Å². The summed E-state index contributed by atoms with van der Waals surface area (Å²) in [5.74, 6) is -0.554. The maximum Gasteiger partial charge on any atom is 0.252 e. The molecule has 2 aromatic carbocycles. The third kappa shape index (κ3) is 4.76. The zero-order valence-corrected chi connectivity index (χ0v) is 21.3. The molecule has 0 bridgehead atoms. The number of thiazole rings is 1. The second-order valence-corrected chi connectivity index (χ2v) is 13.0. The first-order valence-corrected chi connectivity index (χ1v) is 14.3. The molecule has 3 heterocycles. The van der Waals surface area contributed by atoms with E-state index in [1.54, 1.807) is 11.0 Å². The Morgan fingerprint density at radius 3 is 2.56 bits per heavy atom. The summed E-state index contributed by atoms with van der Waals surface area (Å²) < 4.78 is 29.4. The summed E-state index contributed by atoms with van der Waals surface area (Å²) in [6, 6.07) is 20.7. The van der Waals surface area contributed by atoms with Crippen molar-refractivity contribution in [1.82, 2.24) is 9.29 Å². The highest BCUT2D eigenvalue weighted by Crippen LogP contribution is 2.34. The number of carbonyl (C=O) groups is 1. The Balaban J connectivity index is 1.44. The summed E-state index contributed by atoms with van der Waals surface area (Å²) in [5, 5.41) is 0.625. The van der Waals surface area contributed by atoms with Crippen LogP contribution in [0.5, 0.6) is 0 Å². The highest BCUT2D eigenvalue weighted by atomic mass is 35.5. The van der Waals surface area contributed by atoms with Gasteiger partial charge in [-0.2, -0.15) is 4.31 Å². The molecule has 6 nitrogen and oxygen atoms in total. The summed E-state index contributed by atoms with van der Waals surface area (Å²) in [4.78, 5) is 20.3. The van der Waals surface area contributed by atoms with Crippen molar-refractivity contribution in [3.8, 4) is 0 Å². The molecule has 34 heavy (non-hydrogen) atoms. The molecule has 4 aromatic rings. The Hall–Kier alpha value is -2.30. The average Bonchev–Trinajstić information content (AvgIpc) is 3.49. The standard InChI is InChI=1S/C24H22ClN3O3S3/c25-21-12-13-22(33-21)34(30,31)27-14-6-9-18(16-27)23(29)28(15-17-7-2-1-3-8-17)24-26-19-10-4-5-11-20(19)32-24/h1-5,7-8,10-13,18H,6,9,14-16H2. The lowest BCUT2D eigenvalue weighted by Crippen LogP contribution is -2.46. The maximum absolute atomic E-state index is 13.8. The van der Waals surface area contributed by atoms with Gasteiger partial charge < -0.3 is 0 Å². The number of aromatic nitrogens is 1. The first-order chi connectivity index (χ1) is 16.4. The van der Waals surface area contributed by atoms with Gasteiger partial charge in [0.05, 0.1) is 27.0 Å². The quantitative estimate of drug-likeness (QED) is 0.322. The van der Waals surface area contributed by atoms with Gasteiger partial charge in [0.1, 0.15) is 4.21 Å². The molecule has 5 rings (SSSR count). The van der Waals surface area contributed by atoms with Crippen LogP contribution in [-0.4, -0.2) is 36.7 Å². The number of amides is 1. The molecule has 0 radical (unpaired) electrons. The van der Waals surface area contributed by atoms with Crippen molar-refractivity contribution < 1.29 is 13.2 Å². The number of hydrogen-bond acceptors (Lipinski definition) is 6. The largest absolute Gasteiger partial charge is 0.283 e. The SMILES string of the molecule is O=C(C1CCCN(S(=O)(=O)c2ccc(Cl)s2)C1)N(Cc1ccccc1)c1nc2ccccc2s1. The van der Waals surface area contributed by atoms with Gasteiger partial charge in [0.15, 0.2) is 5.13 Å². The molecule has 10 heteroatoms. The molecule has 1 amide bonds. The molecular weight excluding hydrogens is 510 g/mol. The van der Waals surface area contributed by atoms with E-state index in [0.29, 0.717) is 35.4 Å². The van der Waals surface area contributed by atoms with E-state index in [1.165, 1.54) is 21.7 Å². The summed E-state index contributed by atoms with van der Waals surface area (Å²) >= 11 is 8.48. The lowest BCUT2D eigenvalue weighted by atomic mass is 9.98. The van der Waals surface area contributed by atoms with Gasteiger partial charge >= 0.3 is 0 Å². The van der Waals surface area contributed by atoms with Crippen molar-refractivity contribution in [1.29, 1.82) is 0 Å². The Kier molecular flexibility index (Phi) is 6.72. The van der Waals surface area contributed by atoms with Crippen LogP contribution >= 0.6 is 34.3 Å². The van der Waals surface area contributed by atoms with E-state index in [2.05, 4.69) is 0 Å². The third-order valence-electron chi connectivity index (χ3n) is 5.84. The van der Waals surface area contributed by atoms with E-state index >= 15 is 0 Å². The van der Waals surface area contributed by atoms with Crippen LogP contribution in [0, 0.1) is 5.92 Å². The van der Waals surface area contributed by atoms with E-state index in [0.717, 1.165) is 27.1 Å². The minimum absolute atomic E-state index is 0.105.